The molecule has 6 heteroatoms. The minimum absolute atomic E-state index is 0.0178. The van der Waals surface area contributed by atoms with Gasteiger partial charge in [0.05, 0.1) is 12.2 Å². The lowest BCUT2D eigenvalue weighted by Crippen LogP contribution is -2.25. The number of hydrogen-bond acceptors (Lipinski definition) is 5. The van der Waals surface area contributed by atoms with Gasteiger partial charge in [-0.25, -0.2) is 0 Å². The summed E-state index contributed by atoms with van der Waals surface area (Å²) in [6.45, 7) is 9.66. The van der Waals surface area contributed by atoms with Gasteiger partial charge in [-0.05, 0) is 29.2 Å². The van der Waals surface area contributed by atoms with Gasteiger partial charge in [0.15, 0.2) is 11.7 Å². The average molecular weight is 411 g/mol. The first kappa shape index (κ1) is 21.9. The van der Waals surface area contributed by atoms with Crippen LogP contribution < -0.4 is 10.7 Å². The predicted molar refractivity (Wildman–Crippen MR) is 120 cm³/mol. The highest BCUT2D eigenvalue weighted by Gasteiger charge is 2.28. The Bertz CT molecular complexity index is 1130. The number of phenolic OH excluding ortho intramolecular Hbond substituents is 1. The summed E-state index contributed by atoms with van der Waals surface area (Å²) < 4.78 is 0. The van der Waals surface area contributed by atoms with Crippen LogP contribution in [-0.2, 0) is 10.8 Å². The number of anilines is 1. The van der Waals surface area contributed by atoms with Crippen LogP contribution in [0.3, 0.4) is 0 Å². The molecule has 0 radical (unpaired) electrons. The van der Waals surface area contributed by atoms with Gasteiger partial charge in [-0.1, -0.05) is 46.8 Å². The van der Waals surface area contributed by atoms with Crippen LogP contribution in [0.1, 0.15) is 57.5 Å². The molecule has 0 amide bonds. The summed E-state index contributed by atoms with van der Waals surface area (Å²) in [6.07, 6.45) is 0.234. The molecule has 0 aliphatic carbocycles. The molecule has 1 unspecified atom stereocenters. The second kappa shape index (κ2) is 7.78. The molecule has 30 heavy (non-hydrogen) atoms. The van der Waals surface area contributed by atoms with Crippen molar-refractivity contribution < 1.29 is 15.3 Å². The Hall–Kier alpha value is -2.83. The van der Waals surface area contributed by atoms with E-state index in [9.17, 15) is 20.1 Å². The van der Waals surface area contributed by atoms with Gasteiger partial charge < -0.3 is 25.6 Å². The van der Waals surface area contributed by atoms with Crippen LogP contribution >= 0.6 is 0 Å². The van der Waals surface area contributed by atoms with E-state index in [1.165, 1.54) is 6.20 Å². The van der Waals surface area contributed by atoms with Crippen molar-refractivity contribution in [1.82, 2.24) is 4.98 Å². The van der Waals surface area contributed by atoms with E-state index in [-0.39, 0.29) is 28.8 Å². The fourth-order valence-electron chi connectivity index (χ4n) is 3.57. The Morgan fingerprint density at radius 3 is 2.37 bits per heavy atom. The maximum absolute atomic E-state index is 12.8. The number of benzene rings is 2. The van der Waals surface area contributed by atoms with Crippen molar-refractivity contribution in [3.05, 3.63) is 69.5 Å². The Kier molecular flexibility index (Phi) is 5.67. The summed E-state index contributed by atoms with van der Waals surface area (Å²) in [5.41, 5.74) is 1.69. The molecule has 0 bridgehead atoms. The van der Waals surface area contributed by atoms with Gasteiger partial charge in [0.2, 0.25) is 0 Å². The Balaban J connectivity index is 2.07. The molecular formula is C24H30N2O4. The van der Waals surface area contributed by atoms with Crippen LogP contribution in [0.25, 0.3) is 10.9 Å². The van der Waals surface area contributed by atoms with Crippen molar-refractivity contribution in [3.8, 4) is 5.75 Å². The maximum Gasteiger partial charge on any atom is 0.197 e. The number of H-pyrrole nitrogens is 1. The Morgan fingerprint density at radius 2 is 1.73 bits per heavy atom. The highest BCUT2D eigenvalue weighted by Crippen LogP contribution is 2.40. The van der Waals surface area contributed by atoms with Crippen molar-refractivity contribution in [2.75, 3.05) is 11.9 Å². The van der Waals surface area contributed by atoms with E-state index in [0.29, 0.717) is 22.2 Å². The smallest absolute Gasteiger partial charge is 0.197 e. The van der Waals surface area contributed by atoms with E-state index in [1.807, 2.05) is 46.8 Å². The zero-order valence-electron chi connectivity index (χ0n) is 18.1. The third kappa shape index (κ3) is 4.06. The van der Waals surface area contributed by atoms with Crippen LogP contribution in [-0.4, -0.2) is 26.9 Å². The summed E-state index contributed by atoms with van der Waals surface area (Å²) in [5.74, 6) is 0.0178. The lowest BCUT2D eigenvalue weighted by Gasteiger charge is -2.30. The molecule has 0 saturated carbocycles. The van der Waals surface area contributed by atoms with Gasteiger partial charge in [-0.2, -0.15) is 0 Å². The van der Waals surface area contributed by atoms with E-state index in [4.69, 9.17) is 0 Å². The monoisotopic (exact) mass is 410 g/mol. The van der Waals surface area contributed by atoms with E-state index >= 15 is 0 Å². The quantitative estimate of drug-likeness (QED) is 0.410. The average Bonchev–Trinajstić information content (AvgIpc) is 2.67. The molecule has 0 fully saturated rings. The standard InChI is InChI=1S/C24H30N2O4/c1-23(2,3)16-10-17(24(4,5)13-27)20(28)11-19(16)26-22(30)15-12-25-18-9-7-6-8-14(18)21(15)29/h6-12,22,26-28,30H,13H2,1-5H3,(H,25,29). The van der Waals surface area contributed by atoms with E-state index in [1.54, 1.807) is 24.3 Å². The van der Waals surface area contributed by atoms with Gasteiger partial charge in [0.25, 0.3) is 0 Å². The number of nitrogens with one attached hydrogen (secondary N) is 2. The maximum atomic E-state index is 12.8. The molecule has 0 spiro atoms. The van der Waals surface area contributed by atoms with Crippen LogP contribution in [0.4, 0.5) is 5.69 Å². The lowest BCUT2D eigenvalue weighted by molar-refractivity contribution is 0.206. The molecule has 2 aromatic carbocycles. The molecule has 6 nitrogen and oxygen atoms in total. The second-order valence-electron chi connectivity index (χ2n) is 9.37. The molecule has 0 aliphatic heterocycles. The third-order valence-corrected chi connectivity index (χ3v) is 5.47. The molecule has 0 saturated heterocycles. The Labute approximate surface area is 176 Å². The molecular weight excluding hydrogens is 380 g/mol. The molecule has 3 aromatic rings. The van der Waals surface area contributed by atoms with E-state index in [2.05, 4.69) is 10.3 Å². The first-order chi connectivity index (χ1) is 14.0. The topological polar surface area (TPSA) is 106 Å². The number of aromatic amines is 1. The number of fused-ring (bicyclic) bond motifs is 1. The molecule has 1 aromatic heterocycles. The SMILES string of the molecule is CC(C)(C)c1cc(C(C)(C)CO)c(O)cc1NC(O)c1c[nH]c2ccccc2c1=O. The largest absolute Gasteiger partial charge is 0.508 e. The van der Waals surface area contributed by atoms with Crippen molar-refractivity contribution in [2.45, 2.75) is 51.7 Å². The number of aliphatic hydroxyl groups is 2. The van der Waals surface area contributed by atoms with E-state index in [0.717, 1.165) is 5.56 Å². The van der Waals surface area contributed by atoms with Crippen LogP contribution in [0, 0.1) is 0 Å². The summed E-state index contributed by atoms with van der Waals surface area (Å²) >= 11 is 0. The number of aromatic nitrogens is 1. The second-order valence-corrected chi connectivity index (χ2v) is 9.37. The zero-order valence-corrected chi connectivity index (χ0v) is 18.1. The first-order valence-electron chi connectivity index (χ1n) is 9.99. The minimum Gasteiger partial charge on any atom is -0.508 e. The Morgan fingerprint density at radius 1 is 1.07 bits per heavy atom. The highest BCUT2D eigenvalue weighted by atomic mass is 16.3. The number of aliphatic hydroxyl groups excluding tert-OH is 2. The van der Waals surface area contributed by atoms with Crippen LogP contribution in [0.2, 0.25) is 0 Å². The van der Waals surface area contributed by atoms with E-state index < -0.39 is 11.6 Å². The van der Waals surface area contributed by atoms with Gasteiger partial charge >= 0.3 is 0 Å². The van der Waals surface area contributed by atoms with Crippen LogP contribution in [0.15, 0.2) is 47.4 Å². The predicted octanol–water partition coefficient (Wildman–Crippen LogP) is 3.90. The van der Waals surface area contributed by atoms with Gasteiger partial charge in [0.1, 0.15) is 5.75 Å². The van der Waals surface area contributed by atoms with Crippen LogP contribution in [0.5, 0.6) is 5.75 Å². The lowest BCUT2D eigenvalue weighted by atomic mass is 9.78. The van der Waals surface area contributed by atoms with Crippen molar-refractivity contribution in [1.29, 1.82) is 0 Å². The number of hydrogen-bond donors (Lipinski definition) is 5. The molecule has 3 rings (SSSR count). The number of pyridine rings is 1. The van der Waals surface area contributed by atoms with Crippen molar-refractivity contribution >= 4 is 16.6 Å². The number of aromatic hydroxyl groups is 1. The fraction of sp³-hybridized carbons (Fsp3) is 0.375. The van der Waals surface area contributed by atoms with Gasteiger partial charge in [-0.15, -0.1) is 0 Å². The summed E-state index contributed by atoms with van der Waals surface area (Å²) in [6, 6.07) is 10.5. The molecule has 1 heterocycles. The first-order valence-corrected chi connectivity index (χ1v) is 9.99. The molecule has 1 atom stereocenters. The zero-order chi connectivity index (χ0) is 22.3. The molecule has 0 aliphatic rings. The van der Waals surface area contributed by atoms with Gasteiger partial charge in [-0.3, -0.25) is 4.79 Å². The third-order valence-electron chi connectivity index (χ3n) is 5.47. The van der Waals surface area contributed by atoms with Crippen molar-refractivity contribution in [2.24, 2.45) is 0 Å². The summed E-state index contributed by atoms with van der Waals surface area (Å²) in [5, 5.41) is 34.7. The molecule has 5 N–H and O–H groups in total. The number of para-hydroxylation sites is 1. The highest BCUT2D eigenvalue weighted by molar-refractivity contribution is 5.78. The summed E-state index contributed by atoms with van der Waals surface area (Å²) in [4.78, 5) is 15.9. The van der Waals surface area contributed by atoms with Crippen molar-refractivity contribution in [3.63, 3.8) is 0 Å². The number of phenols is 1. The number of rotatable bonds is 5. The minimum atomic E-state index is -1.27. The fourth-order valence-corrected chi connectivity index (χ4v) is 3.57. The molecule has 160 valence electrons. The normalized spacial score (nSPS) is 13.4. The van der Waals surface area contributed by atoms with Gasteiger partial charge in [0, 0.05) is 39.8 Å². The summed E-state index contributed by atoms with van der Waals surface area (Å²) in [7, 11) is 0.